The molecule has 0 unspecified atom stereocenters. The second kappa shape index (κ2) is 4.95. The van der Waals surface area contributed by atoms with E-state index in [-0.39, 0.29) is 0 Å². The predicted molar refractivity (Wildman–Crippen MR) is 66.3 cm³/mol. The molecule has 0 aliphatic carbocycles. The molecule has 0 aromatic heterocycles. The number of halogens is 1. The summed E-state index contributed by atoms with van der Waals surface area (Å²) in [5.41, 5.74) is -2.08. The van der Waals surface area contributed by atoms with Gasteiger partial charge in [0.25, 0.3) is 0 Å². The molecule has 1 aromatic carbocycles. The summed E-state index contributed by atoms with van der Waals surface area (Å²) in [4.78, 5) is 9.13. The standard InChI is InChI=1S/C11H11FN2O4S/c1-4-11(2,3)13-19(17,18)8-5-6-9(12)10(7-8)14(15)16/h1,5-7,13H,2-3H3. The number of nitrogens with one attached hydrogen (secondary N) is 1. The van der Waals surface area contributed by atoms with E-state index in [9.17, 15) is 22.9 Å². The first kappa shape index (κ1) is 15.1. The average Bonchev–Trinajstić information content (AvgIpc) is 2.27. The number of benzene rings is 1. The van der Waals surface area contributed by atoms with Crippen LogP contribution in [0.3, 0.4) is 0 Å². The molecule has 0 saturated carbocycles. The predicted octanol–water partition coefficient (Wildman–Crippen LogP) is 1.42. The van der Waals surface area contributed by atoms with Gasteiger partial charge in [0.1, 0.15) is 0 Å². The summed E-state index contributed by atoms with van der Waals surface area (Å²) in [7, 11) is -4.07. The van der Waals surface area contributed by atoms with Crippen LogP contribution in [0.4, 0.5) is 10.1 Å². The van der Waals surface area contributed by atoms with E-state index in [1.165, 1.54) is 13.8 Å². The monoisotopic (exact) mass is 286 g/mol. The lowest BCUT2D eigenvalue weighted by Crippen LogP contribution is -2.41. The minimum absolute atomic E-state index is 0.427. The molecule has 0 fully saturated rings. The number of rotatable bonds is 4. The Morgan fingerprint density at radius 1 is 1.47 bits per heavy atom. The molecule has 1 aromatic rings. The quantitative estimate of drug-likeness (QED) is 0.515. The van der Waals surface area contributed by atoms with Gasteiger partial charge in [-0.3, -0.25) is 10.1 Å². The molecular formula is C11H11FN2O4S. The van der Waals surface area contributed by atoms with E-state index >= 15 is 0 Å². The van der Waals surface area contributed by atoms with Crippen LogP contribution in [0.1, 0.15) is 13.8 Å². The third kappa shape index (κ3) is 3.49. The molecule has 0 atom stereocenters. The van der Waals surface area contributed by atoms with E-state index in [0.29, 0.717) is 6.07 Å². The highest BCUT2D eigenvalue weighted by molar-refractivity contribution is 7.89. The Hall–Kier alpha value is -1.98. The highest BCUT2D eigenvalue weighted by Crippen LogP contribution is 2.22. The van der Waals surface area contributed by atoms with Gasteiger partial charge in [-0.05, 0) is 26.0 Å². The van der Waals surface area contributed by atoms with Crippen LogP contribution in [-0.4, -0.2) is 18.9 Å². The maximum Gasteiger partial charge on any atom is 0.306 e. The minimum Gasteiger partial charge on any atom is -0.258 e. The lowest BCUT2D eigenvalue weighted by atomic mass is 10.1. The van der Waals surface area contributed by atoms with E-state index in [1.54, 1.807) is 0 Å². The number of terminal acetylenes is 1. The van der Waals surface area contributed by atoms with Gasteiger partial charge in [0.2, 0.25) is 15.8 Å². The Balaban J connectivity index is 3.28. The van der Waals surface area contributed by atoms with Crippen molar-refractivity contribution in [3.8, 4) is 12.3 Å². The van der Waals surface area contributed by atoms with Crippen molar-refractivity contribution in [3.05, 3.63) is 34.1 Å². The zero-order chi connectivity index (χ0) is 14.8. The molecule has 8 heteroatoms. The van der Waals surface area contributed by atoms with Gasteiger partial charge < -0.3 is 0 Å². The van der Waals surface area contributed by atoms with Crippen molar-refractivity contribution >= 4 is 15.7 Å². The average molecular weight is 286 g/mol. The van der Waals surface area contributed by atoms with Crippen molar-refractivity contribution in [1.29, 1.82) is 0 Å². The normalized spacial score (nSPS) is 11.9. The second-order valence-electron chi connectivity index (χ2n) is 4.25. The van der Waals surface area contributed by atoms with Gasteiger partial charge in [0, 0.05) is 6.07 Å². The first-order valence-corrected chi connectivity index (χ1v) is 6.53. The van der Waals surface area contributed by atoms with Crippen molar-refractivity contribution in [3.63, 3.8) is 0 Å². The van der Waals surface area contributed by atoms with Crippen LogP contribution in [0.25, 0.3) is 0 Å². The van der Waals surface area contributed by atoms with E-state index in [1.807, 2.05) is 0 Å². The van der Waals surface area contributed by atoms with Crippen LogP contribution in [0, 0.1) is 28.3 Å². The molecule has 0 amide bonds. The van der Waals surface area contributed by atoms with E-state index in [0.717, 1.165) is 12.1 Å². The van der Waals surface area contributed by atoms with Gasteiger partial charge in [-0.1, -0.05) is 5.92 Å². The number of nitrogens with zero attached hydrogens (tertiary/aromatic N) is 1. The molecule has 19 heavy (non-hydrogen) atoms. The summed E-state index contributed by atoms with van der Waals surface area (Å²) in [6, 6.07) is 2.29. The molecule has 1 N–H and O–H groups in total. The van der Waals surface area contributed by atoms with Gasteiger partial charge in [0.05, 0.1) is 15.4 Å². The summed E-state index contributed by atoms with van der Waals surface area (Å²) < 4.78 is 39.2. The van der Waals surface area contributed by atoms with Crippen LogP contribution >= 0.6 is 0 Å². The molecule has 0 aliphatic rings. The second-order valence-corrected chi connectivity index (χ2v) is 5.93. The van der Waals surface area contributed by atoms with Crippen molar-refractivity contribution < 1.29 is 17.7 Å². The third-order valence-electron chi connectivity index (χ3n) is 2.17. The highest BCUT2D eigenvalue weighted by atomic mass is 32.2. The SMILES string of the molecule is C#CC(C)(C)NS(=O)(=O)c1ccc(F)c([N+](=O)[O-])c1. The zero-order valence-electron chi connectivity index (χ0n) is 10.2. The highest BCUT2D eigenvalue weighted by Gasteiger charge is 2.26. The smallest absolute Gasteiger partial charge is 0.258 e. The minimum atomic E-state index is -4.07. The van der Waals surface area contributed by atoms with E-state index in [4.69, 9.17) is 6.42 Å². The number of hydrogen-bond acceptors (Lipinski definition) is 4. The van der Waals surface area contributed by atoms with Gasteiger partial charge in [-0.2, -0.15) is 9.11 Å². The van der Waals surface area contributed by atoms with Gasteiger partial charge in [-0.15, -0.1) is 6.42 Å². The van der Waals surface area contributed by atoms with Crippen molar-refractivity contribution in [2.45, 2.75) is 24.3 Å². The topological polar surface area (TPSA) is 89.3 Å². The number of nitro groups is 1. The lowest BCUT2D eigenvalue weighted by molar-refractivity contribution is -0.387. The van der Waals surface area contributed by atoms with Crippen LogP contribution in [0.15, 0.2) is 23.1 Å². The molecule has 0 spiro atoms. The van der Waals surface area contributed by atoms with Gasteiger partial charge >= 0.3 is 5.69 Å². The third-order valence-corrected chi connectivity index (χ3v) is 3.83. The fraction of sp³-hybridized carbons (Fsp3) is 0.273. The molecule has 6 nitrogen and oxygen atoms in total. The number of sulfonamides is 1. The fourth-order valence-electron chi connectivity index (χ4n) is 1.22. The van der Waals surface area contributed by atoms with Crippen LogP contribution in [0.5, 0.6) is 0 Å². The maximum atomic E-state index is 13.1. The van der Waals surface area contributed by atoms with E-state index in [2.05, 4.69) is 10.6 Å². The first-order chi connectivity index (χ1) is 8.59. The van der Waals surface area contributed by atoms with Gasteiger partial charge in [-0.25, -0.2) is 8.42 Å². The Morgan fingerprint density at radius 2 is 2.05 bits per heavy atom. The molecule has 0 aliphatic heterocycles. The van der Waals surface area contributed by atoms with Crippen molar-refractivity contribution in [1.82, 2.24) is 4.72 Å². The number of nitro benzene ring substituents is 1. The van der Waals surface area contributed by atoms with Crippen LogP contribution in [0.2, 0.25) is 0 Å². The van der Waals surface area contributed by atoms with E-state index < -0.39 is 36.9 Å². The lowest BCUT2D eigenvalue weighted by Gasteiger charge is -2.19. The molecule has 0 saturated heterocycles. The molecule has 0 bridgehead atoms. The summed E-state index contributed by atoms with van der Waals surface area (Å²) in [5.74, 6) is 1.11. The Labute approximate surface area is 109 Å². The molecule has 102 valence electrons. The Morgan fingerprint density at radius 3 is 2.53 bits per heavy atom. The molecule has 0 radical (unpaired) electrons. The molecule has 1 rings (SSSR count). The Bertz CT molecular complexity index is 662. The number of hydrogen-bond donors (Lipinski definition) is 1. The first-order valence-electron chi connectivity index (χ1n) is 5.05. The van der Waals surface area contributed by atoms with Crippen molar-refractivity contribution in [2.24, 2.45) is 0 Å². The molecular weight excluding hydrogens is 275 g/mol. The van der Waals surface area contributed by atoms with Crippen LogP contribution in [-0.2, 0) is 10.0 Å². The maximum absolute atomic E-state index is 13.1. The summed E-state index contributed by atoms with van der Waals surface area (Å²) in [6.45, 7) is 2.89. The van der Waals surface area contributed by atoms with Crippen molar-refractivity contribution in [2.75, 3.05) is 0 Å². The Kier molecular flexibility index (Phi) is 3.93. The van der Waals surface area contributed by atoms with Crippen LogP contribution < -0.4 is 4.72 Å². The van der Waals surface area contributed by atoms with Gasteiger partial charge in [0.15, 0.2) is 0 Å². The largest absolute Gasteiger partial charge is 0.306 e. The summed E-state index contributed by atoms with van der Waals surface area (Å²) >= 11 is 0. The zero-order valence-corrected chi connectivity index (χ0v) is 11.0. The summed E-state index contributed by atoms with van der Waals surface area (Å²) in [5, 5.41) is 10.6. The summed E-state index contributed by atoms with van der Waals surface area (Å²) in [6.07, 6.45) is 5.15. The fourth-order valence-corrected chi connectivity index (χ4v) is 2.59. The molecule has 0 heterocycles.